The number of hydrogen-bond acceptors (Lipinski definition) is 4. The molecule has 1 aromatic heterocycles. The summed E-state index contributed by atoms with van der Waals surface area (Å²) in [4.78, 5) is 23.3. The Morgan fingerprint density at radius 2 is 2.00 bits per heavy atom. The molecule has 0 aliphatic carbocycles. The van der Waals surface area contributed by atoms with Crippen LogP contribution in [0.15, 0.2) is 27.4 Å². The van der Waals surface area contributed by atoms with E-state index in [-0.39, 0.29) is 18.6 Å². The van der Waals surface area contributed by atoms with E-state index in [1.807, 2.05) is 13.8 Å². The lowest BCUT2D eigenvalue weighted by Gasteiger charge is -2.15. The first-order chi connectivity index (χ1) is 10.9. The lowest BCUT2D eigenvalue weighted by atomic mass is 10.1. The van der Waals surface area contributed by atoms with Crippen LogP contribution in [0.4, 0.5) is 0 Å². The maximum Gasteiger partial charge on any atom is 0.336 e. The zero-order valence-electron chi connectivity index (χ0n) is 13.4. The molecule has 0 saturated heterocycles. The predicted octanol–water partition coefficient (Wildman–Crippen LogP) is 3.44. The summed E-state index contributed by atoms with van der Waals surface area (Å²) in [5.74, 6) is 0.105. The third-order valence-corrected chi connectivity index (χ3v) is 4.01. The molecule has 0 atom stereocenters. The van der Waals surface area contributed by atoms with Gasteiger partial charge in [-0.25, -0.2) is 4.79 Å². The smallest absolute Gasteiger partial charge is 0.336 e. The molecule has 1 amide bonds. The maximum atomic E-state index is 11.9. The Bertz CT molecular complexity index is 765. The molecular weight excluding hydrogens is 318 g/mol. The van der Waals surface area contributed by atoms with Gasteiger partial charge in [-0.3, -0.25) is 4.79 Å². The van der Waals surface area contributed by atoms with E-state index in [4.69, 9.17) is 20.8 Å². The minimum absolute atomic E-state index is 0.138. The Morgan fingerprint density at radius 1 is 1.30 bits per heavy atom. The van der Waals surface area contributed by atoms with Crippen molar-refractivity contribution in [3.05, 3.63) is 39.2 Å². The summed E-state index contributed by atoms with van der Waals surface area (Å²) in [5.41, 5.74) is 0.723. The molecule has 2 rings (SSSR count). The van der Waals surface area contributed by atoms with Gasteiger partial charge in [0.1, 0.15) is 11.3 Å². The van der Waals surface area contributed by atoms with Gasteiger partial charge in [0.25, 0.3) is 5.91 Å². The van der Waals surface area contributed by atoms with E-state index in [2.05, 4.69) is 5.32 Å². The van der Waals surface area contributed by atoms with Gasteiger partial charge in [-0.05, 0) is 31.4 Å². The number of hydrogen-bond donors (Lipinski definition) is 1. The van der Waals surface area contributed by atoms with E-state index in [1.54, 1.807) is 13.0 Å². The number of nitrogens with one attached hydrogen (secondary N) is 1. The molecule has 0 saturated carbocycles. The van der Waals surface area contributed by atoms with Crippen molar-refractivity contribution in [3.63, 3.8) is 0 Å². The van der Waals surface area contributed by atoms with Crippen molar-refractivity contribution < 1.29 is 13.9 Å². The molecular formula is C17H20ClNO4. The van der Waals surface area contributed by atoms with Crippen LogP contribution in [-0.4, -0.2) is 18.6 Å². The van der Waals surface area contributed by atoms with Crippen LogP contribution in [0.5, 0.6) is 5.75 Å². The highest BCUT2D eigenvalue weighted by atomic mass is 35.5. The number of carbonyl (C=O) groups excluding carboxylic acids is 1. The van der Waals surface area contributed by atoms with E-state index in [0.29, 0.717) is 16.4 Å². The molecule has 1 aromatic carbocycles. The molecule has 0 unspecified atom stereocenters. The standard InChI is InChI=1S/C17H20ClNO4/c1-4-11(5-2)19-16(20)9-22-15-8-14-12(7-13(15)18)10(3)6-17(21)23-14/h6-8,11H,4-5,9H2,1-3H3,(H,19,20). The van der Waals surface area contributed by atoms with Crippen LogP contribution < -0.4 is 15.7 Å². The van der Waals surface area contributed by atoms with Crippen molar-refractivity contribution in [2.45, 2.75) is 39.7 Å². The van der Waals surface area contributed by atoms with E-state index in [9.17, 15) is 9.59 Å². The number of halogens is 1. The second kappa shape index (κ2) is 7.51. The van der Waals surface area contributed by atoms with E-state index in [0.717, 1.165) is 23.8 Å². The first-order valence-electron chi connectivity index (χ1n) is 7.60. The highest BCUT2D eigenvalue weighted by Gasteiger charge is 2.12. The Morgan fingerprint density at radius 3 is 2.65 bits per heavy atom. The molecule has 0 radical (unpaired) electrons. The van der Waals surface area contributed by atoms with Crippen molar-refractivity contribution in [1.29, 1.82) is 0 Å². The number of ether oxygens (including phenoxy) is 1. The van der Waals surface area contributed by atoms with Crippen LogP contribution in [0.1, 0.15) is 32.3 Å². The minimum Gasteiger partial charge on any atom is -0.482 e. The van der Waals surface area contributed by atoms with E-state index < -0.39 is 5.63 Å². The fourth-order valence-electron chi connectivity index (χ4n) is 2.34. The minimum atomic E-state index is -0.435. The lowest BCUT2D eigenvalue weighted by molar-refractivity contribution is -0.123. The van der Waals surface area contributed by atoms with Crippen molar-refractivity contribution in [2.75, 3.05) is 6.61 Å². The number of rotatable bonds is 6. The molecule has 1 heterocycles. The monoisotopic (exact) mass is 337 g/mol. The van der Waals surface area contributed by atoms with Gasteiger partial charge in [0.2, 0.25) is 0 Å². The van der Waals surface area contributed by atoms with Crippen molar-refractivity contribution in [1.82, 2.24) is 5.32 Å². The van der Waals surface area contributed by atoms with Crippen LogP contribution in [0.3, 0.4) is 0 Å². The van der Waals surface area contributed by atoms with Crippen molar-refractivity contribution in [2.24, 2.45) is 0 Å². The molecule has 0 spiro atoms. The summed E-state index contributed by atoms with van der Waals surface area (Å²) in [6.45, 7) is 5.69. The van der Waals surface area contributed by atoms with Gasteiger partial charge in [-0.15, -0.1) is 0 Å². The van der Waals surface area contributed by atoms with Gasteiger partial charge in [0.05, 0.1) is 5.02 Å². The lowest BCUT2D eigenvalue weighted by Crippen LogP contribution is -2.37. The van der Waals surface area contributed by atoms with E-state index in [1.165, 1.54) is 12.1 Å². The summed E-state index contributed by atoms with van der Waals surface area (Å²) in [6, 6.07) is 4.75. The molecule has 5 nitrogen and oxygen atoms in total. The topological polar surface area (TPSA) is 68.5 Å². The average molecular weight is 338 g/mol. The first-order valence-corrected chi connectivity index (χ1v) is 7.98. The van der Waals surface area contributed by atoms with E-state index >= 15 is 0 Å². The van der Waals surface area contributed by atoms with Gasteiger partial charge in [0, 0.05) is 23.6 Å². The Kier molecular flexibility index (Phi) is 5.66. The maximum absolute atomic E-state index is 11.9. The quantitative estimate of drug-likeness (QED) is 0.820. The van der Waals surface area contributed by atoms with Crippen LogP contribution in [0.25, 0.3) is 11.0 Å². The zero-order chi connectivity index (χ0) is 17.0. The fraction of sp³-hybridized carbons (Fsp3) is 0.412. The molecule has 124 valence electrons. The number of benzene rings is 1. The van der Waals surface area contributed by atoms with Crippen molar-refractivity contribution in [3.8, 4) is 5.75 Å². The summed E-state index contributed by atoms with van der Waals surface area (Å²) in [6.07, 6.45) is 1.73. The number of aryl methyl sites for hydroxylation is 1. The van der Waals surface area contributed by atoms with Gasteiger partial charge >= 0.3 is 5.63 Å². The Labute approximate surface area is 139 Å². The van der Waals surface area contributed by atoms with Gasteiger partial charge in [-0.2, -0.15) is 0 Å². The fourth-order valence-corrected chi connectivity index (χ4v) is 2.55. The molecule has 0 aliphatic heterocycles. The van der Waals surface area contributed by atoms with Crippen LogP contribution in [0.2, 0.25) is 5.02 Å². The normalized spacial score (nSPS) is 11.0. The van der Waals surface area contributed by atoms with Gasteiger partial charge in [-0.1, -0.05) is 25.4 Å². The molecule has 0 aliphatic rings. The highest BCUT2D eigenvalue weighted by molar-refractivity contribution is 6.32. The van der Waals surface area contributed by atoms with Crippen LogP contribution in [-0.2, 0) is 4.79 Å². The summed E-state index contributed by atoms with van der Waals surface area (Å²) >= 11 is 6.18. The van der Waals surface area contributed by atoms with Crippen LogP contribution >= 0.6 is 11.6 Å². The second-order valence-corrected chi connectivity index (χ2v) is 5.80. The van der Waals surface area contributed by atoms with Gasteiger partial charge < -0.3 is 14.5 Å². The molecule has 1 N–H and O–H groups in total. The summed E-state index contributed by atoms with van der Waals surface area (Å²) in [7, 11) is 0. The Hall–Kier alpha value is -2.01. The molecule has 2 aromatic rings. The first kappa shape index (κ1) is 17.3. The van der Waals surface area contributed by atoms with Crippen LogP contribution in [0, 0.1) is 6.92 Å². The number of fused-ring (bicyclic) bond motifs is 1. The SMILES string of the molecule is CCC(CC)NC(=O)COc1cc2oc(=O)cc(C)c2cc1Cl. The Balaban J connectivity index is 2.16. The zero-order valence-corrected chi connectivity index (χ0v) is 14.2. The molecule has 0 bridgehead atoms. The van der Waals surface area contributed by atoms with Crippen molar-refractivity contribution >= 4 is 28.5 Å². The third-order valence-electron chi connectivity index (χ3n) is 3.71. The number of carbonyl (C=O) groups is 1. The summed E-state index contributed by atoms with van der Waals surface area (Å²) in [5, 5.41) is 3.99. The molecule has 23 heavy (non-hydrogen) atoms. The predicted molar refractivity (Wildman–Crippen MR) is 90.2 cm³/mol. The number of amides is 1. The second-order valence-electron chi connectivity index (χ2n) is 5.40. The average Bonchev–Trinajstić information content (AvgIpc) is 2.51. The third kappa shape index (κ3) is 4.26. The summed E-state index contributed by atoms with van der Waals surface area (Å²) < 4.78 is 10.6. The van der Waals surface area contributed by atoms with Gasteiger partial charge in [0.15, 0.2) is 6.61 Å². The molecule has 0 fully saturated rings. The largest absolute Gasteiger partial charge is 0.482 e. The highest BCUT2D eigenvalue weighted by Crippen LogP contribution is 2.30. The molecule has 6 heteroatoms.